The van der Waals surface area contributed by atoms with E-state index in [-0.39, 0.29) is 23.3 Å². The summed E-state index contributed by atoms with van der Waals surface area (Å²) in [4.78, 5) is 35.8. The molecular formula is C19H14BrNO5S. The zero-order chi connectivity index (χ0) is 19.6. The molecular weight excluding hydrogens is 434 g/mol. The maximum Gasteiger partial charge on any atom is 0.335 e. The topological polar surface area (TPSA) is 83.9 Å². The highest BCUT2D eigenvalue weighted by molar-refractivity contribution is 9.10. The molecule has 1 saturated heterocycles. The van der Waals surface area contributed by atoms with Gasteiger partial charge in [0.2, 0.25) is 0 Å². The zero-order valence-corrected chi connectivity index (χ0v) is 16.5. The molecule has 0 bridgehead atoms. The first-order valence-electron chi connectivity index (χ1n) is 7.81. The van der Waals surface area contributed by atoms with Crippen LogP contribution in [0.5, 0.6) is 5.75 Å². The van der Waals surface area contributed by atoms with E-state index < -0.39 is 5.97 Å². The number of carbonyl (C=O) groups is 3. The molecule has 0 unspecified atom stereocenters. The Morgan fingerprint density at radius 2 is 1.93 bits per heavy atom. The maximum atomic E-state index is 11.9. The van der Waals surface area contributed by atoms with Crippen molar-refractivity contribution < 1.29 is 24.2 Å². The fourth-order valence-corrected chi connectivity index (χ4v) is 3.66. The van der Waals surface area contributed by atoms with Gasteiger partial charge in [-0.25, -0.2) is 4.79 Å². The van der Waals surface area contributed by atoms with Crippen LogP contribution < -0.4 is 4.74 Å². The van der Waals surface area contributed by atoms with Gasteiger partial charge in [-0.3, -0.25) is 14.5 Å². The SMILES string of the molecule is CN1C(=O)S/C(=C\c2ccc(OCc3ccc(C(=O)O)cc3)c(Br)c2)C1=O. The molecule has 3 rings (SSSR count). The van der Waals surface area contributed by atoms with Crippen molar-refractivity contribution in [1.82, 2.24) is 4.90 Å². The molecule has 1 aliphatic heterocycles. The lowest BCUT2D eigenvalue weighted by molar-refractivity contribution is -0.121. The number of ether oxygens (including phenoxy) is 1. The van der Waals surface area contributed by atoms with Gasteiger partial charge < -0.3 is 9.84 Å². The molecule has 2 amide bonds. The van der Waals surface area contributed by atoms with Crippen LogP contribution in [0, 0.1) is 0 Å². The van der Waals surface area contributed by atoms with E-state index in [1.807, 2.05) is 0 Å². The molecule has 0 aliphatic carbocycles. The number of hydrogen-bond donors (Lipinski definition) is 1. The Bertz CT molecular complexity index is 955. The van der Waals surface area contributed by atoms with E-state index in [9.17, 15) is 14.4 Å². The van der Waals surface area contributed by atoms with Gasteiger partial charge in [0.05, 0.1) is 14.9 Å². The Morgan fingerprint density at radius 1 is 1.22 bits per heavy atom. The highest BCUT2D eigenvalue weighted by Gasteiger charge is 2.31. The summed E-state index contributed by atoms with van der Waals surface area (Å²) in [5, 5.41) is 8.62. The van der Waals surface area contributed by atoms with Crippen LogP contribution in [0.2, 0.25) is 0 Å². The van der Waals surface area contributed by atoms with Gasteiger partial charge in [-0.15, -0.1) is 0 Å². The molecule has 6 nitrogen and oxygen atoms in total. The van der Waals surface area contributed by atoms with Crippen LogP contribution in [-0.2, 0) is 11.4 Å². The van der Waals surface area contributed by atoms with Crippen LogP contribution in [0.15, 0.2) is 51.8 Å². The van der Waals surface area contributed by atoms with Crippen molar-refractivity contribution in [3.05, 3.63) is 68.5 Å². The molecule has 27 heavy (non-hydrogen) atoms. The summed E-state index contributed by atoms with van der Waals surface area (Å²) in [6.07, 6.45) is 1.66. The van der Waals surface area contributed by atoms with E-state index in [4.69, 9.17) is 9.84 Å². The van der Waals surface area contributed by atoms with Crippen LogP contribution in [0.3, 0.4) is 0 Å². The quantitative estimate of drug-likeness (QED) is 0.684. The van der Waals surface area contributed by atoms with Crippen molar-refractivity contribution in [2.75, 3.05) is 7.05 Å². The summed E-state index contributed by atoms with van der Waals surface area (Å²) in [5.41, 5.74) is 1.83. The van der Waals surface area contributed by atoms with Crippen molar-refractivity contribution in [3.8, 4) is 5.75 Å². The van der Waals surface area contributed by atoms with Crippen molar-refractivity contribution in [2.24, 2.45) is 0 Å². The number of thioether (sulfide) groups is 1. The molecule has 2 aromatic rings. The van der Waals surface area contributed by atoms with Crippen LogP contribution in [0.25, 0.3) is 6.08 Å². The summed E-state index contributed by atoms with van der Waals surface area (Å²) >= 11 is 4.35. The number of rotatable bonds is 5. The first-order chi connectivity index (χ1) is 12.8. The Hall–Kier alpha value is -2.58. The van der Waals surface area contributed by atoms with E-state index in [1.54, 1.807) is 36.4 Å². The van der Waals surface area contributed by atoms with Gasteiger partial charge in [-0.1, -0.05) is 18.2 Å². The zero-order valence-electron chi connectivity index (χ0n) is 14.1. The molecule has 0 atom stereocenters. The van der Waals surface area contributed by atoms with Crippen LogP contribution in [0.1, 0.15) is 21.5 Å². The highest BCUT2D eigenvalue weighted by atomic mass is 79.9. The fraction of sp³-hybridized carbons (Fsp3) is 0.105. The normalized spacial score (nSPS) is 15.5. The lowest BCUT2D eigenvalue weighted by atomic mass is 10.1. The van der Waals surface area contributed by atoms with Gasteiger partial charge >= 0.3 is 5.97 Å². The molecule has 0 saturated carbocycles. The second-order valence-corrected chi connectivity index (χ2v) is 7.57. The summed E-state index contributed by atoms with van der Waals surface area (Å²) in [7, 11) is 1.45. The van der Waals surface area contributed by atoms with E-state index in [2.05, 4.69) is 15.9 Å². The summed E-state index contributed by atoms with van der Waals surface area (Å²) in [6, 6.07) is 11.8. The minimum Gasteiger partial charge on any atom is -0.488 e. The Labute approximate surface area is 167 Å². The van der Waals surface area contributed by atoms with Gasteiger partial charge in [0.1, 0.15) is 12.4 Å². The van der Waals surface area contributed by atoms with Crippen molar-refractivity contribution in [1.29, 1.82) is 0 Å². The smallest absolute Gasteiger partial charge is 0.335 e. The van der Waals surface area contributed by atoms with Gasteiger partial charge in [-0.2, -0.15) is 0 Å². The molecule has 1 N–H and O–H groups in total. The average Bonchev–Trinajstić information content (AvgIpc) is 2.88. The van der Waals surface area contributed by atoms with E-state index in [1.165, 1.54) is 19.2 Å². The monoisotopic (exact) mass is 447 g/mol. The van der Waals surface area contributed by atoms with Crippen molar-refractivity contribution in [3.63, 3.8) is 0 Å². The Morgan fingerprint density at radius 3 is 2.48 bits per heavy atom. The first kappa shape index (κ1) is 19.2. The molecule has 0 aromatic heterocycles. The lowest BCUT2D eigenvalue weighted by Crippen LogP contribution is -2.22. The third-order valence-corrected chi connectivity index (χ3v) is 5.42. The maximum absolute atomic E-state index is 11.9. The second-order valence-electron chi connectivity index (χ2n) is 5.72. The number of carboxylic acid groups (broad SMARTS) is 1. The van der Waals surface area contributed by atoms with Crippen LogP contribution >= 0.6 is 27.7 Å². The number of benzene rings is 2. The standard InChI is InChI=1S/C19H14BrNO5S/c1-21-17(22)16(27-19(21)25)9-12-4-7-15(14(20)8-12)26-10-11-2-5-13(6-3-11)18(23)24/h2-9H,10H2,1H3,(H,23,24)/b16-9-. The number of hydrogen-bond acceptors (Lipinski definition) is 5. The third kappa shape index (κ3) is 4.40. The van der Waals surface area contributed by atoms with E-state index in [0.717, 1.165) is 27.8 Å². The van der Waals surface area contributed by atoms with E-state index in [0.29, 0.717) is 15.1 Å². The third-order valence-electron chi connectivity index (χ3n) is 3.84. The number of nitrogens with zero attached hydrogens (tertiary/aromatic N) is 1. The minimum atomic E-state index is -0.971. The van der Waals surface area contributed by atoms with Crippen LogP contribution in [0.4, 0.5) is 4.79 Å². The number of halogens is 1. The largest absolute Gasteiger partial charge is 0.488 e. The minimum absolute atomic E-state index is 0.223. The summed E-state index contributed by atoms with van der Waals surface area (Å²) in [5.74, 6) is -0.675. The summed E-state index contributed by atoms with van der Waals surface area (Å²) in [6.45, 7) is 0.284. The van der Waals surface area contributed by atoms with Crippen molar-refractivity contribution >= 4 is 50.9 Å². The number of likely N-dealkylation sites (N-methyl/N-ethyl adjacent to an activating group) is 1. The van der Waals surface area contributed by atoms with Crippen LogP contribution in [-0.4, -0.2) is 34.2 Å². The number of imide groups is 1. The number of carbonyl (C=O) groups excluding carboxylic acids is 2. The fourth-order valence-electron chi connectivity index (χ4n) is 2.33. The molecule has 1 aliphatic rings. The number of aromatic carboxylic acids is 1. The predicted octanol–water partition coefficient (Wildman–Crippen LogP) is 4.39. The van der Waals surface area contributed by atoms with Gasteiger partial charge in [0, 0.05) is 7.05 Å². The Balaban J connectivity index is 1.69. The molecule has 2 aromatic carbocycles. The van der Waals surface area contributed by atoms with Gasteiger partial charge in [0.15, 0.2) is 0 Å². The molecule has 0 spiro atoms. The predicted molar refractivity (Wildman–Crippen MR) is 106 cm³/mol. The lowest BCUT2D eigenvalue weighted by Gasteiger charge is -2.09. The summed E-state index contributed by atoms with van der Waals surface area (Å²) < 4.78 is 6.46. The molecule has 8 heteroatoms. The first-order valence-corrected chi connectivity index (χ1v) is 9.42. The molecule has 1 heterocycles. The Kier molecular flexibility index (Phi) is 5.67. The average molecular weight is 448 g/mol. The molecule has 0 radical (unpaired) electrons. The van der Waals surface area contributed by atoms with Gasteiger partial charge in [-0.05, 0) is 69.2 Å². The number of carboxylic acids is 1. The molecule has 1 fully saturated rings. The second kappa shape index (κ2) is 7.98. The number of amides is 2. The van der Waals surface area contributed by atoms with Gasteiger partial charge in [0.25, 0.3) is 11.1 Å². The molecule has 138 valence electrons. The highest BCUT2D eigenvalue weighted by Crippen LogP contribution is 2.33. The van der Waals surface area contributed by atoms with E-state index >= 15 is 0 Å². The van der Waals surface area contributed by atoms with Crippen molar-refractivity contribution in [2.45, 2.75) is 6.61 Å².